The van der Waals surface area contributed by atoms with Crippen molar-refractivity contribution in [3.63, 3.8) is 0 Å². The Kier molecular flexibility index (Phi) is 3.95. The van der Waals surface area contributed by atoms with Crippen LogP contribution in [0.2, 0.25) is 0 Å². The highest BCUT2D eigenvalue weighted by atomic mass is 19.1. The van der Waals surface area contributed by atoms with Crippen LogP contribution in [0.15, 0.2) is 41.3 Å². The molecular formula is C19H22FN7. The lowest BCUT2D eigenvalue weighted by Crippen LogP contribution is -2.40. The lowest BCUT2D eigenvalue weighted by atomic mass is 9.90. The lowest BCUT2D eigenvalue weighted by molar-refractivity contribution is 0.156. The van der Waals surface area contributed by atoms with Crippen molar-refractivity contribution in [1.29, 1.82) is 0 Å². The number of fused-ring (bicyclic) bond motifs is 3. The minimum absolute atomic E-state index is 0.285. The van der Waals surface area contributed by atoms with E-state index in [4.69, 9.17) is 0 Å². The Morgan fingerprint density at radius 1 is 1.22 bits per heavy atom. The number of hydrogen-bond donors (Lipinski definition) is 2. The van der Waals surface area contributed by atoms with Crippen molar-refractivity contribution >= 4 is 17.9 Å². The Bertz CT molecular complexity index is 893. The molecule has 3 aliphatic heterocycles. The normalized spacial score (nSPS) is 20.4. The molecule has 0 amide bonds. The number of aromatic nitrogens is 2. The molecule has 0 atom stereocenters. The Balaban J connectivity index is 1.32. The van der Waals surface area contributed by atoms with E-state index in [-0.39, 0.29) is 5.82 Å². The molecule has 0 aliphatic carbocycles. The number of pyridine rings is 1. The van der Waals surface area contributed by atoms with E-state index in [2.05, 4.69) is 43.5 Å². The Morgan fingerprint density at radius 2 is 2.07 bits per heavy atom. The van der Waals surface area contributed by atoms with Gasteiger partial charge in [-0.15, -0.1) is 5.53 Å². The van der Waals surface area contributed by atoms with Crippen LogP contribution < -0.4 is 5.53 Å². The van der Waals surface area contributed by atoms with Crippen LogP contribution in [0.25, 0.3) is 5.70 Å². The number of hydrogen-bond acceptors (Lipinski definition) is 6. The van der Waals surface area contributed by atoms with Gasteiger partial charge in [-0.1, -0.05) is 0 Å². The zero-order valence-electron chi connectivity index (χ0n) is 15.2. The first kappa shape index (κ1) is 16.5. The Labute approximate surface area is 157 Å². The summed E-state index contributed by atoms with van der Waals surface area (Å²) in [6, 6.07) is 5.34. The number of likely N-dealkylation sites (tertiary alicyclic amines) is 1. The molecule has 5 heterocycles. The average molecular weight is 367 g/mol. The number of nitrogens with one attached hydrogen (secondary N) is 2. The summed E-state index contributed by atoms with van der Waals surface area (Å²) in [4.78, 5) is 14.2. The molecule has 0 radical (unpaired) electrons. The van der Waals surface area contributed by atoms with Gasteiger partial charge in [0.15, 0.2) is 0 Å². The predicted molar refractivity (Wildman–Crippen MR) is 101 cm³/mol. The van der Waals surface area contributed by atoms with Crippen LogP contribution in [-0.2, 0) is 6.54 Å². The van der Waals surface area contributed by atoms with Crippen molar-refractivity contribution in [2.45, 2.75) is 19.4 Å². The summed E-state index contributed by atoms with van der Waals surface area (Å²) in [5.74, 6) is 1.11. The second-order valence-electron chi connectivity index (χ2n) is 7.27. The number of aromatic amines is 1. The number of allylic oxidation sites excluding steroid dienone is 1. The summed E-state index contributed by atoms with van der Waals surface area (Å²) in [6.45, 7) is 2.78. The molecule has 0 saturated carbocycles. The quantitative estimate of drug-likeness (QED) is 0.873. The first-order valence-corrected chi connectivity index (χ1v) is 9.27. The summed E-state index contributed by atoms with van der Waals surface area (Å²) in [5.41, 5.74) is 7.94. The summed E-state index contributed by atoms with van der Waals surface area (Å²) in [5, 5.41) is 4.12. The van der Waals surface area contributed by atoms with Gasteiger partial charge in [-0.2, -0.15) is 0 Å². The van der Waals surface area contributed by atoms with Gasteiger partial charge in [0.1, 0.15) is 18.0 Å². The van der Waals surface area contributed by atoms with Gasteiger partial charge in [0.25, 0.3) is 0 Å². The highest BCUT2D eigenvalue weighted by molar-refractivity contribution is 5.87. The Morgan fingerprint density at radius 3 is 2.85 bits per heavy atom. The molecule has 0 unspecified atom stereocenters. The Hall–Kier alpha value is -2.71. The van der Waals surface area contributed by atoms with Crippen LogP contribution in [0.4, 0.5) is 10.2 Å². The molecule has 140 valence electrons. The summed E-state index contributed by atoms with van der Waals surface area (Å²) < 4.78 is 13.0. The molecule has 8 heteroatoms. The smallest absolute Gasteiger partial charge is 0.141 e. The molecule has 0 bridgehead atoms. The van der Waals surface area contributed by atoms with E-state index < -0.39 is 0 Å². The molecule has 5 rings (SSSR count). The molecule has 7 nitrogen and oxygen atoms in total. The van der Waals surface area contributed by atoms with Crippen molar-refractivity contribution in [3.05, 3.63) is 53.4 Å². The number of halogens is 1. The third kappa shape index (κ3) is 2.90. The molecule has 0 spiro atoms. The van der Waals surface area contributed by atoms with Gasteiger partial charge >= 0.3 is 0 Å². The second-order valence-corrected chi connectivity index (χ2v) is 7.27. The molecule has 3 aliphatic rings. The zero-order chi connectivity index (χ0) is 18.4. The second kappa shape index (κ2) is 6.47. The molecule has 2 aromatic rings. The monoisotopic (exact) mass is 367 g/mol. The molecular weight excluding hydrogens is 345 g/mol. The topological polar surface area (TPSA) is 62.8 Å². The largest absolute Gasteiger partial charge is 0.346 e. The van der Waals surface area contributed by atoms with Crippen molar-refractivity contribution in [1.82, 2.24) is 30.4 Å². The van der Waals surface area contributed by atoms with E-state index in [1.165, 1.54) is 23.7 Å². The van der Waals surface area contributed by atoms with E-state index in [1.54, 1.807) is 6.07 Å². The maximum Gasteiger partial charge on any atom is 0.141 e. The van der Waals surface area contributed by atoms with E-state index >= 15 is 0 Å². The van der Waals surface area contributed by atoms with Crippen molar-refractivity contribution in [2.24, 2.45) is 10.9 Å². The van der Waals surface area contributed by atoms with Gasteiger partial charge < -0.3 is 4.98 Å². The zero-order valence-corrected chi connectivity index (χ0v) is 15.2. The van der Waals surface area contributed by atoms with Gasteiger partial charge in [0.2, 0.25) is 0 Å². The standard InChI is InChI=1S/C19H22FN7/c1-25-17(18-16-4-7-21-19(16)23-12-27(18)24-25)13-5-8-26(9-6-13)11-15-3-2-14(20)10-22-15/h2-4,7,10,12-13,21,24H,5-6,8-9,11H2,1H3. The van der Waals surface area contributed by atoms with Gasteiger partial charge in [0, 0.05) is 31.3 Å². The number of aliphatic imine (C=N–C) groups is 1. The minimum Gasteiger partial charge on any atom is -0.346 e. The lowest BCUT2D eigenvalue weighted by Gasteiger charge is -2.34. The van der Waals surface area contributed by atoms with Gasteiger partial charge in [0.05, 0.1) is 23.3 Å². The fourth-order valence-electron chi connectivity index (χ4n) is 4.23. The van der Waals surface area contributed by atoms with Crippen molar-refractivity contribution in [2.75, 3.05) is 20.1 Å². The highest BCUT2D eigenvalue weighted by Crippen LogP contribution is 2.41. The predicted octanol–water partition coefficient (Wildman–Crippen LogP) is 2.47. The van der Waals surface area contributed by atoms with Crippen LogP contribution in [0, 0.1) is 11.7 Å². The number of nitrogens with zero attached hydrogens (tertiary/aromatic N) is 5. The number of rotatable bonds is 3. The molecule has 0 aromatic carbocycles. The fraction of sp³-hybridized carbons (Fsp3) is 0.368. The molecule has 1 fully saturated rings. The van der Waals surface area contributed by atoms with Gasteiger partial charge in [-0.05, 0) is 44.1 Å². The van der Waals surface area contributed by atoms with E-state index in [0.717, 1.165) is 49.6 Å². The highest BCUT2D eigenvalue weighted by Gasteiger charge is 2.36. The van der Waals surface area contributed by atoms with Crippen LogP contribution in [-0.4, -0.2) is 51.4 Å². The van der Waals surface area contributed by atoms with Crippen LogP contribution in [0.1, 0.15) is 24.1 Å². The summed E-state index contributed by atoms with van der Waals surface area (Å²) >= 11 is 0. The number of H-pyrrole nitrogens is 1. The third-order valence-electron chi connectivity index (χ3n) is 5.53. The van der Waals surface area contributed by atoms with Crippen molar-refractivity contribution in [3.8, 4) is 0 Å². The minimum atomic E-state index is -0.285. The molecule has 1 saturated heterocycles. The van der Waals surface area contributed by atoms with E-state index in [9.17, 15) is 4.39 Å². The van der Waals surface area contributed by atoms with Gasteiger partial charge in [-0.3, -0.25) is 14.9 Å². The van der Waals surface area contributed by atoms with Crippen LogP contribution in [0.5, 0.6) is 0 Å². The van der Waals surface area contributed by atoms with Gasteiger partial charge in [-0.25, -0.2) is 14.4 Å². The summed E-state index contributed by atoms with van der Waals surface area (Å²) in [6.07, 6.45) is 7.22. The maximum atomic E-state index is 13.0. The summed E-state index contributed by atoms with van der Waals surface area (Å²) in [7, 11) is 2.07. The number of hydrazine groups is 2. The molecule has 27 heavy (non-hydrogen) atoms. The first-order chi connectivity index (χ1) is 13.2. The maximum absolute atomic E-state index is 13.0. The first-order valence-electron chi connectivity index (χ1n) is 9.27. The van der Waals surface area contributed by atoms with E-state index in [0.29, 0.717) is 5.92 Å². The van der Waals surface area contributed by atoms with E-state index in [1.807, 2.05) is 17.5 Å². The molecule has 2 N–H and O–H groups in total. The van der Waals surface area contributed by atoms with Crippen molar-refractivity contribution < 1.29 is 4.39 Å². The molecule has 2 aromatic heterocycles. The fourth-order valence-corrected chi connectivity index (χ4v) is 4.23. The number of piperidine rings is 1. The average Bonchev–Trinajstić information content (AvgIpc) is 3.27. The van der Waals surface area contributed by atoms with Crippen LogP contribution in [0.3, 0.4) is 0 Å². The third-order valence-corrected chi connectivity index (χ3v) is 5.53. The van der Waals surface area contributed by atoms with Crippen LogP contribution >= 0.6 is 0 Å². The SMILES string of the molecule is CN1NN2C=Nc3[nH]ccc3C2=C1C1CCN(Cc2ccc(F)cn2)CC1.